The fourth-order valence-corrected chi connectivity index (χ4v) is 2.46. The third-order valence-corrected chi connectivity index (χ3v) is 4.57. The molecular formula is C14H26N2O3. The lowest BCUT2D eigenvalue weighted by molar-refractivity contribution is -0.142. The summed E-state index contributed by atoms with van der Waals surface area (Å²) in [5, 5.41) is 12.0. The van der Waals surface area contributed by atoms with Crippen molar-refractivity contribution in [1.82, 2.24) is 10.2 Å². The summed E-state index contributed by atoms with van der Waals surface area (Å²) in [6.45, 7) is 6.53. The highest BCUT2D eigenvalue weighted by atomic mass is 16.4. The van der Waals surface area contributed by atoms with E-state index < -0.39 is 5.97 Å². The molecule has 2 amide bonds. The lowest BCUT2D eigenvalue weighted by Gasteiger charge is -2.35. The summed E-state index contributed by atoms with van der Waals surface area (Å²) in [5.41, 5.74) is -0.189. The minimum absolute atomic E-state index is 0.0691. The molecule has 5 nitrogen and oxygen atoms in total. The van der Waals surface area contributed by atoms with Crippen LogP contribution >= 0.6 is 0 Å². The van der Waals surface area contributed by atoms with Gasteiger partial charge in [0.05, 0.1) is 5.92 Å². The summed E-state index contributed by atoms with van der Waals surface area (Å²) < 4.78 is 0. The van der Waals surface area contributed by atoms with Gasteiger partial charge in [-0.15, -0.1) is 0 Å². The summed E-state index contributed by atoms with van der Waals surface area (Å²) >= 11 is 0. The fourth-order valence-electron chi connectivity index (χ4n) is 2.46. The number of hydrogen-bond acceptors (Lipinski definition) is 2. The average Bonchev–Trinajstić information content (AvgIpc) is 2.83. The van der Waals surface area contributed by atoms with Gasteiger partial charge >= 0.3 is 12.0 Å². The monoisotopic (exact) mass is 270 g/mol. The number of hydrogen-bond donors (Lipinski definition) is 2. The molecule has 0 heterocycles. The zero-order valence-electron chi connectivity index (χ0n) is 12.4. The van der Waals surface area contributed by atoms with Gasteiger partial charge in [-0.25, -0.2) is 4.79 Å². The van der Waals surface area contributed by atoms with Crippen molar-refractivity contribution in [2.75, 3.05) is 13.6 Å². The van der Waals surface area contributed by atoms with Gasteiger partial charge in [0, 0.05) is 19.1 Å². The predicted octanol–water partition coefficient (Wildman–Crippen LogP) is 2.32. The Hall–Kier alpha value is -1.26. The van der Waals surface area contributed by atoms with Gasteiger partial charge in [0.25, 0.3) is 0 Å². The summed E-state index contributed by atoms with van der Waals surface area (Å²) in [7, 11) is 1.78. The first-order valence-electron chi connectivity index (χ1n) is 7.04. The van der Waals surface area contributed by atoms with Crippen molar-refractivity contribution >= 4 is 12.0 Å². The van der Waals surface area contributed by atoms with E-state index in [0.717, 1.165) is 25.7 Å². The smallest absolute Gasteiger partial charge is 0.317 e. The Morgan fingerprint density at radius 3 is 2.53 bits per heavy atom. The fraction of sp³-hybridized carbons (Fsp3) is 0.857. The molecule has 5 heteroatoms. The molecule has 1 saturated carbocycles. The van der Waals surface area contributed by atoms with E-state index in [0.29, 0.717) is 6.54 Å². The predicted molar refractivity (Wildman–Crippen MR) is 74.0 cm³/mol. The second-order valence-electron chi connectivity index (χ2n) is 6.05. The van der Waals surface area contributed by atoms with Crippen molar-refractivity contribution in [3.63, 3.8) is 0 Å². The molecule has 0 aromatic rings. The lowest BCUT2D eigenvalue weighted by Crippen LogP contribution is -2.50. The zero-order chi connectivity index (χ0) is 14.6. The standard InChI is InChI=1S/C14H26N2O3/c1-5-14(2,3)16(4)13(19)15-9-10-7-6-8-11(10)12(17)18/h10-11H,5-9H2,1-4H3,(H,15,19)(H,17,18). The summed E-state index contributed by atoms with van der Waals surface area (Å²) in [6.07, 6.45) is 3.43. The van der Waals surface area contributed by atoms with Crippen molar-refractivity contribution in [3.8, 4) is 0 Å². The number of carbonyl (C=O) groups excluding carboxylic acids is 1. The van der Waals surface area contributed by atoms with Crippen molar-refractivity contribution in [2.24, 2.45) is 11.8 Å². The van der Waals surface area contributed by atoms with Crippen molar-refractivity contribution in [3.05, 3.63) is 0 Å². The van der Waals surface area contributed by atoms with E-state index in [1.165, 1.54) is 0 Å². The van der Waals surface area contributed by atoms with E-state index in [4.69, 9.17) is 5.11 Å². The number of rotatable bonds is 5. The van der Waals surface area contributed by atoms with Crippen LogP contribution in [0.5, 0.6) is 0 Å². The summed E-state index contributed by atoms with van der Waals surface area (Å²) in [6, 6.07) is -0.122. The molecule has 0 radical (unpaired) electrons. The maximum atomic E-state index is 12.0. The number of urea groups is 1. The quantitative estimate of drug-likeness (QED) is 0.805. The maximum Gasteiger partial charge on any atom is 0.317 e. The molecule has 1 aliphatic carbocycles. The van der Waals surface area contributed by atoms with Crippen LogP contribution in [0.3, 0.4) is 0 Å². The van der Waals surface area contributed by atoms with E-state index in [9.17, 15) is 9.59 Å². The van der Waals surface area contributed by atoms with Gasteiger partial charge < -0.3 is 15.3 Å². The lowest BCUT2D eigenvalue weighted by atomic mass is 9.96. The Bertz CT molecular complexity index is 342. The van der Waals surface area contributed by atoms with Crippen LogP contribution in [-0.2, 0) is 4.79 Å². The van der Waals surface area contributed by atoms with E-state index >= 15 is 0 Å². The van der Waals surface area contributed by atoms with Crippen LogP contribution in [0.25, 0.3) is 0 Å². The van der Waals surface area contributed by atoms with Gasteiger partial charge in [0.1, 0.15) is 0 Å². The van der Waals surface area contributed by atoms with Gasteiger partial charge in [-0.3, -0.25) is 4.79 Å². The number of carboxylic acids is 1. The maximum absolute atomic E-state index is 12.0. The molecule has 1 fully saturated rings. The highest BCUT2D eigenvalue weighted by Crippen LogP contribution is 2.31. The Labute approximate surface area is 115 Å². The molecule has 0 bridgehead atoms. The van der Waals surface area contributed by atoms with Crippen molar-refractivity contribution in [2.45, 2.75) is 52.0 Å². The molecule has 1 rings (SSSR count). The van der Waals surface area contributed by atoms with Gasteiger partial charge in [-0.05, 0) is 39.0 Å². The second kappa shape index (κ2) is 6.26. The normalized spacial score (nSPS) is 23.2. The molecule has 2 N–H and O–H groups in total. The van der Waals surface area contributed by atoms with Crippen LogP contribution in [0.4, 0.5) is 4.79 Å². The van der Waals surface area contributed by atoms with Crippen LogP contribution in [0.2, 0.25) is 0 Å². The van der Waals surface area contributed by atoms with E-state index in [1.54, 1.807) is 11.9 Å². The Morgan fingerprint density at radius 1 is 1.37 bits per heavy atom. The Kier molecular flexibility index (Phi) is 5.20. The van der Waals surface area contributed by atoms with Crippen LogP contribution in [-0.4, -0.2) is 41.1 Å². The van der Waals surface area contributed by atoms with Gasteiger partial charge in [0.2, 0.25) is 0 Å². The molecule has 0 aromatic carbocycles. The van der Waals surface area contributed by atoms with Gasteiger partial charge in [-0.2, -0.15) is 0 Å². The molecular weight excluding hydrogens is 244 g/mol. The van der Waals surface area contributed by atoms with Gasteiger partial charge in [-0.1, -0.05) is 13.3 Å². The number of nitrogens with zero attached hydrogens (tertiary/aromatic N) is 1. The molecule has 110 valence electrons. The van der Waals surface area contributed by atoms with Crippen molar-refractivity contribution < 1.29 is 14.7 Å². The molecule has 1 aliphatic rings. The summed E-state index contributed by atoms with van der Waals surface area (Å²) in [5.74, 6) is -0.969. The number of nitrogens with one attached hydrogen (secondary N) is 1. The average molecular weight is 270 g/mol. The Morgan fingerprint density at radius 2 is 2.00 bits per heavy atom. The third kappa shape index (κ3) is 3.85. The van der Waals surface area contributed by atoms with Crippen LogP contribution in [0, 0.1) is 11.8 Å². The number of aliphatic carboxylic acids is 1. The highest BCUT2D eigenvalue weighted by molar-refractivity contribution is 5.75. The third-order valence-electron chi connectivity index (χ3n) is 4.57. The Balaban J connectivity index is 2.48. The van der Waals surface area contributed by atoms with E-state index in [1.807, 2.05) is 20.8 Å². The zero-order valence-corrected chi connectivity index (χ0v) is 12.4. The van der Waals surface area contributed by atoms with Crippen molar-refractivity contribution in [1.29, 1.82) is 0 Å². The molecule has 0 saturated heterocycles. The molecule has 0 aliphatic heterocycles. The van der Waals surface area contributed by atoms with Gasteiger partial charge in [0.15, 0.2) is 0 Å². The largest absolute Gasteiger partial charge is 0.481 e. The first-order valence-corrected chi connectivity index (χ1v) is 7.04. The number of amides is 2. The first kappa shape index (κ1) is 15.8. The molecule has 0 spiro atoms. The van der Waals surface area contributed by atoms with Crippen LogP contribution < -0.4 is 5.32 Å². The molecule has 2 atom stereocenters. The molecule has 2 unspecified atom stereocenters. The highest BCUT2D eigenvalue weighted by Gasteiger charge is 2.33. The van der Waals surface area contributed by atoms with Crippen LogP contribution in [0.15, 0.2) is 0 Å². The minimum Gasteiger partial charge on any atom is -0.481 e. The SMILES string of the molecule is CCC(C)(C)N(C)C(=O)NCC1CCCC1C(=O)O. The second-order valence-corrected chi connectivity index (χ2v) is 6.05. The van der Waals surface area contributed by atoms with E-state index in [2.05, 4.69) is 5.32 Å². The molecule has 19 heavy (non-hydrogen) atoms. The van der Waals surface area contributed by atoms with E-state index in [-0.39, 0.29) is 23.4 Å². The summed E-state index contributed by atoms with van der Waals surface area (Å²) in [4.78, 5) is 24.8. The molecule has 0 aromatic heterocycles. The van der Waals surface area contributed by atoms with Crippen LogP contribution in [0.1, 0.15) is 46.5 Å². The first-order chi connectivity index (χ1) is 8.79. The number of carboxylic acid groups (broad SMARTS) is 1. The number of carbonyl (C=O) groups is 2. The topological polar surface area (TPSA) is 69.6 Å². The minimum atomic E-state index is -0.737.